The topological polar surface area (TPSA) is 41.6 Å². The summed E-state index contributed by atoms with van der Waals surface area (Å²) < 4.78 is 4.91. The highest BCUT2D eigenvalue weighted by molar-refractivity contribution is 6.42. The minimum Gasteiger partial charge on any atom is -0.468 e. The molecule has 1 fully saturated rings. The van der Waals surface area contributed by atoms with E-state index < -0.39 is 6.04 Å². The largest absolute Gasteiger partial charge is 0.468 e. The molecule has 1 saturated heterocycles. The zero-order valence-electron chi connectivity index (χ0n) is 11.5. The lowest BCUT2D eigenvalue weighted by atomic mass is 10.0. The van der Waals surface area contributed by atoms with Crippen molar-refractivity contribution >= 4 is 54.0 Å². The summed E-state index contributed by atoms with van der Waals surface area (Å²) in [4.78, 5) is 14.1. The van der Waals surface area contributed by atoms with Gasteiger partial charge in [0.1, 0.15) is 6.04 Å². The molecule has 1 atom stereocenters. The van der Waals surface area contributed by atoms with Crippen LogP contribution >= 0.6 is 48.0 Å². The fourth-order valence-corrected chi connectivity index (χ4v) is 2.67. The highest BCUT2D eigenvalue weighted by Gasteiger charge is 2.31. The molecule has 0 bridgehead atoms. The number of hydrogen-bond donors (Lipinski definition) is 1. The van der Waals surface area contributed by atoms with Crippen molar-refractivity contribution in [2.75, 3.05) is 33.3 Å². The molecule has 21 heavy (non-hydrogen) atoms. The normalized spacial score (nSPS) is 16.3. The van der Waals surface area contributed by atoms with Crippen LogP contribution in [0, 0.1) is 0 Å². The number of esters is 1. The Hall–Kier alpha value is -0.230. The number of piperazine rings is 1. The van der Waals surface area contributed by atoms with Crippen LogP contribution in [0.1, 0.15) is 11.6 Å². The first-order valence-electron chi connectivity index (χ1n) is 6.11. The van der Waals surface area contributed by atoms with Crippen molar-refractivity contribution in [3.63, 3.8) is 0 Å². The van der Waals surface area contributed by atoms with Gasteiger partial charge < -0.3 is 10.1 Å². The highest BCUT2D eigenvalue weighted by Crippen LogP contribution is 2.33. The monoisotopic (exact) mass is 374 g/mol. The molecule has 1 aliphatic heterocycles. The number of methoxy groups -OCH3 is 1. The molecule has 1 N–H and O–H groups in total. The predicted octanol–water partition coefficient (Wildman–Crippen LogP) is 2.96. The molecule has 8 heteroatoms. The quantitative estimate of drug-likeness (QED) is 0.824. The van der Waals surface area contributed by atoms with Gasteiger partial charge in [0, 0.05) is 31.7 Å². The Balaban J connectivity index is 0.00000200. The zero-order chi connectivity index (χ0) is 13.8. The number of ether oxygens (including phenoxy) is 1. The molecule has 1 unspecified atom stereocenters. The first-order chi connectivity index (χ1) is 9.15. The minimum absolute atomic E-state index is 0. The number of nitrogens with zero attached hydrogens (tertiary/aromatic N) is 1. The van der Waals surface area contributed by atoms with E-state index in [0.29, 0.717) is 15.6 Å². The van der Waals surface area contributed by atoms with E-state index in [1.807, 2.05) is 6.07 Å². The van der Waals surface area contributed by atoms with E-state index >= 15 is 0 Å². The molecule has 2 rings (SSSR count). The van der Waals surface area contributed by atoms with Crippen molar-refractivity contribution in [1.82, 2.24) is 10.2 Å². The Morgan fingerprint density at radius 3 is 2.48 bits per heavy atom. The van der Waals surface area contributed by atoms with Crippen LogP contribution in [0.2, 0.25) is 10.0 Å². The molecule has 1 aliphatic rings. The van der Waals surface area contributed by atoms with Gasteiger partial charge in [-0.15, -0.1) is 24.8 Å². The van der Waals surface area contributed by atoms with E-state index in [2.05, 4.69) is 10.2 Å². The number of hydrogen-bond acceptors (Lipinski definition) is 4. The van der Waals surface area contributed by atoms with Gasteiger partial charge in [0.15, 0.2) is 0 Å². The molecular weight excluding hydrogens is 358 g/mol. The molecule has 1 aromatic carbocycles. The van der Waals surface area contributed by atoms with Crippen LogP contribution in [-0.2, 0) is 9.53 Å². The van der Waals surface area contributed by atoms with E-state index in [4.69, 9.17) is 27.9 Å². The van der Waals surface area contributed by atoms with Gasteiger partial charge in [-0.2, -0.15) is 0 Å². The van der Waals surface area contributed by atoms with E-state index in [1.165, 1.54) is 7.11 Å². The number of carbonyl (C=O) groups excluding carboxylic acids is 1. The summed E-state index contributed by atoms with van der Waals surface area (Å²) in [6.45, 7) is 3.21. The van der Waals surface area contributed by atoms with Crippen molar-refractivity contribution in [2.45, 2.75) is 6.04 Å². The Morgan fingerprint density at radius 2 is 1.90 bits per heavy atom. The Bertz CT molecular complexity index is 467. The molecule has 0 aromatic heterocycles. The molecule has 0 aliphatic carbocycles. The number of rotatable bonds is 3. The molecular formula is C13H18Cl4N2O2. The second kappa shape index (κ2) is 9.72. The summed E-state index contributed by atoms with van der Waals surface area (Å²) in [6, 6.07) is 4.82. The maximum absolute atomic E-state index is 12.1. The van der Waals surface area contributed by atoms with E-state index in [-0.39, 0.29) is 30.8 Å². The lowest BCUT2D eigenvalue weighted by molar-refractivity contribution is -0.147. The Kier molecular flexibility index (Phi) is 9.61. The summed E-state index contributed by atoms with van der Waals surface area (Å²) in [6.07, 6.45) is 0. The van der Waals surface area contributed by atoms with Crippen LogP contribution < -0.4 is 5.32 Å². The molecule has 1 aromatic rings. The van der Waals surface area contributed by atoms with Gasteiger partial charge in [-0.05, 0) is 6.07 Å². The average molecular weight is 376 g/mol. The van der Waals surface area contributed by atoms with Crippen molar-refractivity contribution in [2.24, 2.45) is 0 Å². The van der Waals surface area contributed by atoms with E-state index in [0.717, 1.165) is 26.2 Å². The predicted molar refractivity (Wildman–Crippen MR) is 90.2 cm³/mol. The van der Waals surface area contributed by atoms with E-state index in [1.54, 1.807) is 12.1 Å². The summed E-state index contributed by atoms with van der Waals surface area (Å²) in [5, 5.41) is 4.11. The average Bonchev–Trinajstić information content (AvgIpc) is 2.44. The van der Waals surface area contributed by atoms with Gasteiger partial charge in [-0.3, -0.25) is 4.90 Å². The van der Waals surface area contributed by atoms with Gasteiger partial charge in [-0.1, -0.05) is 35.3 Å². The van der Waals surface area contributed by atoms with Crippen molar-refractivity contribution in [3.8, 4) is 0 Å². The van der Waals surface area contributed by atoms with Gasteiger partial charge >= 0.3 is 5.97 Å². The molecule has 0 radical (unpaired) electrons. The van der Waals surface area contributed by atoms with Crippen LogP contribution in [-0.4, -0.2) is 44.2 Å². The second-order valence-electron chi connectivity index (χ2n) is 4.35. The van der Waals surface area contributed by atoms with Crippen LogP contribution in [0.25, 0.3) is 0 Å². The van der Waals surface area contributed by atoms with Gasteiger partial charge in [0.05, 0.1) is 17.2 Å². The molecule has 0 saturated carbocycles. The lowest BCUT2D eigenvalue weighted by Crippen LogP contribution is -2.47. The minimum atomic E-state index is -0.502. The third kappa shape index (κ3) is 4.88. The van der Waals surface area contributed by atoms with Crippen molar-refractivity contribution in [1.29, 1.82) is 0 Å². The van der Waals surface area contributed by atoms with Gasteiger partial charge in [0.25, 0.3) is 0 Å². The number of nitrogens with one attached hydrogen (secondary N) is 1. The number of benzene rings is 1. The SMILES string of the molecule is COC(=O)C(c1cccc(Cl)c1Cl)N1CCNCC1.Cl.Cl. The van der Waals surface area contributed by atoms with Crippen LogP contribution in [0.4, 0.5) is 0 Å². The van der Waals surface area contributed by atoms with Crippen molar-refractivity contribution in [3.05, 3.63) is 33.8 Å². The number of halogens is 4. The Morgan fingerprint density at radius 1 is 1.29 bits per heavy atom. The summed E-state index contributed by atoms with van der Waals surface area (Å²) in [5.41, 5.74) is 0.697. The molecule has 120 valence electrons. The van der Waals surface area contributed by atoms with E-state index in [9.17, 15) is 4.79 Å². The van der Waals surface area contributed by atoms with Gasteiger partial charge in [-0.25, -0.2) is 4.79 Å². The first-order valence-corrected chi connectivity index (χ1v) is 6.87. The smallest absolute Gasteiger partial charge is 0.327 e. The standard InChI is InChI=1S/C13H16Cl2N2O2.2ClH/c1-19-13(18)12(17-7-5-16-6-8-17)9-3-2-4-10(14)11(9)15;;/h2-4,12,16H,5-8H2,1H3;2*1H. The van der Waals surface area contributed by atoms with Crippen LogP contribution in [0.3, 0.4) is 0 Å². The maximum Gasteiger partial charge on any atom is 0.327 e. The summed E-state index contributed by atoms with van der Waals surface area (Å²) in [7, 11) is 1.38. The molecule has 0 spiro atoms. The maximum atomic E-state index is 12.1. The molecule has 1 heterocycles. The van der Waals surface area contributed by atoms with Crippen LogP contribution in [0.5, 0.6) is 0 Å². The highest BCUT2D eigenvalue weighted by atomic mass is 35.5. The number of carbonyl (C=O) groups is 1. The second-order valence-corrected chi connectivity index (χ2v) is 5.14. The van der Waals surface area contributed by atoms with Crippen molar-refractivity contribution < 1.29 is 9.53 Å². The third-order valence-corrected chi connectivity index (χ3v) is 4.05. The van der Waals surface area contributed by atoms with Crippen LogP contribution in [0.15, 0.2) is 18.2 Å². The third-order valence-electron chi connectivity index (χ3n) is 3.22. The molecule has 4 nitrogen and oxygen atoms in total. The first kappa shape index (κ1) is 20.8. The fourth-order valence-electron chi connectivity index (χ4n) is 2.26. The molecule has 0 amide bonds. The summed E-state index contributed by atoms with van der Waals surface area (Å²) >= 11 is 12.3. The lowest BCUT2D eigenvalue weighted by Gasteiger charge is -2.33. The fraction of sp³-hybridized carbons (Fsp3) is 0.462. The summed E-state index contributed by atoms with van der Waals surface area (Å²) in [5.74, 6) is -0.314. The zero-order valence-corrected chi connectivity index (χ0v) is 14.6. The van der Waals surface area contributed by atoms with Gasteiger partial charge in [0.2, 0.25) is 0 Å². The Labute approximate surface area is 146 Å².